The topological polar surface area (TPSA) is 98.5 Å². The lowest BCUT2D eigenvalue weighted by Crippen LogP contribution is -2.34. The zero-order valence-corrected chi connectivity index (χ0v) is 16.8. The van der Waals surface area contributed by atoms with Crippen molar-refractivity contribution in [2.75, 3.05) is 25.4 Å². The maximum absolute atomic E-state index is 12.4. The molecule has 0 unspecified atom stereocenters. The number of unbranched alkanes of at least 4 members (excludes halogenated alkanes) is 2. The van der Waals surface area contributed by atoms with Crippen molar-refractivity contribution in [3.63, 3.8) is 0 Å². The molecule has 1 aliphatic carbocycles. The smallest absolute Gasteiger partial charge is 0.223 e. The van der Waals surface area contributed by atoms with Gasteiger partial charge in [0, 0.05) is 24.6 Å². The average Bonchev–Trinajstić information content (AvgIpc) is 2.64. The lowest BCUT2D eigenvalue weighted by molar-refractivity contribution is -0.127. The summed E-state index contributed by atoms with van der Waals surface area (Å²) in [5.74, 6) is 0.823. The van der Waals surface area contributed by atoms with Gasteiger partial charge in [0.1, 0.15) is 12.4 Å². The minimum atomic E-state index is -3.36. The second-order valence-corrected chi connectivity index (χ2v) is 9.14. The van der Waals surface area contributed by atoms with Crippen molar-refractivity contribution in [3.05, 3.63) is 36.2 Å². The second kappa shape index (κ2) is 11.2. The number of carbonyl (C=O) groups is 1. The summed E-state index contributed by atoms with van der Waals surface area (Å²) in [6.07, 6.45) is 5.56. The van der Waals surface area contributed by atoms with Crippen molar-refractivity contribution in [1.29, 1.82) is 0 Å². The van der Waals surface area contributed by atoms with Gasteiger partial charge in [0.05, 0.1) is 17.0 Å². The Labute approximate surface area is 166 Å². The zero-order chi connectivity index (χ0) is 20.4. The Balaban J connectivity index is 1.69. The molecule has 8 heteroatoms. The van der Waals surface area contributed by atoms with Crippen LogP contribution in [0.1, 0.15) is 38.5 Å². The summed E-state index contributed by atoms with van der Waals surface area (Å²) in [7, 11) is -3.36. The molecule has 156 valence electrons. The fourth-order valence-corrected chi connectivity index (χ4v) is 4.16. The highest BCUT2D eigenvalue weighted by atomic mass is 32.2. The van der Waals surface area contributed by atoms with Crippen molar-refractivity contribution in [2.24, 2.45) is 11.7 Å². The van der Waals surface area contributed by atoms with E-state index < -0.39 is 9.84 Å². The molecule has 1 aliphatic rings. The molecule has 2 rings (SSSR count). The number of benzene rings is 1. The monoisotopic (exact) mass is 412 g/mol. The lowest BCUT2D eigenvalue weighted by atomic mass is 9.85. The number of sulfone groups is 1. The number of nitrogens with two attached hydrogens (primary N) is 1. The van der Waals surface area contributed by atoms with Gasteiger partial charge in [-0.2, -0.15) is 0 Å². The standard InChI is InChI=1S/C20H29FN2O4S/c21-13-16(14-22)15-27-18-7-9-19(10-8-18)28(25,26)12-3-1-2-11-23-20(24)17-5-4-6-17/h7-10,13,17H,1-6,11-12,14-15,22H2,(H,23,24)/b16-13+. The fourth-order valence-electron chi connectivity index (χ4n) is 2.79. The number of hydrogen-bond acceptors (Lipinski definition) is 5. The molecule has 1 saturated carbocycles. The zero-order valence-electron chi connectivity index (χ0n) is 16.0. The number of amides is 1. The van der Waals surface area contributed by atoms with Gasteiger partial charge >= 0.3 is 0 Å². The summed E-state index contributed by atoms with van der Waals surface area (Å²) in [6.45, 7) is 0.684. The SMILES string of the molecule is NC/C(=C\F)COc1ccc(S(=O)(=O)CCCCCNC(=O)C2CCC2)cc1. The van der Waals surface area contributed by atoms with Crippen LogP contribution in [-0.2, 0) is 14.6 Å². The van der Waals surface area contributed by atoms with E-state index in [0.717, 1.165) is 32.1 Å². The van der Waals surface area contributed by atoms with Gasteiger partial charge in [-0.15, -0.1) is 0 Å². The molecule has 0 saturated heterocycles. The maximum Gasteiger partial charge on any atom is 0.223 e. The Bertz CT molecular complexity index is 759. The van der Waals surface area contributed by atoms with E-state index in [4.69, 9.17) is 10.5 Å². The lowest BCUT2D eigenvalue weighted by Gasteiger charge is -2.23. The summed E-state index contributed by atoms with van der Waals surface area (Å²) in [4.78, 5) is 11.9. The average molecular weight is 413 g/mol. The van der Waals surface area contributed by atoms with Gasteiger partial charge in [0.15, 0.2) is 9.84 Å². The van der Waals surface area contributed by atoms with Crippen molar-refractivity contribution < 1.29 is 22.3 Å². The van der Waals surface area contributed by atoms with E-state index in [1.165, 1.54) is 12.1 Å². The molecule has 0 aliphatic heterocycles. The van der Waals surface area contributed by atoms with E-state index in [9.17, 15) is 17.6 Å². The van der Waals surface area contributed by atoms with E-state index in [2.05, 4.69) is 5.32 Å². The van der Waals surface area contributed by atoms with Gasteiger partial charge in [-0.25, -0.2) is 12.8 Å². The number of halogens is 1. The third kappa shape index (κ3) is 6.91. The number of rotatable bonds is 12. The molecule has 3 N–H and O–H groups in total. The fraction of sp³-hybridized carbons (Fsp3) is 0.550. The Morgan fingerprint density at radius 2 is 1.93 bits per heavy atom. The van der Waals surface area contributed by atoms with Crippen LogP contribution in [0, 0.1) is 5.92 Å². The third-order valence-corrected chi connectivity index (χ3v) is 6.71. The minimum absolute atomic E-state index is 0.0242. The predicted octanol–water partition coefficient (Wildman–Crippen LogP) is 2.74. The van der Waals surface area contributed by atoms with Gasteiger partial charge in [-0.05, 0) is 49.9 Å². The van der Waals surface area contributed by atoms with Crippen LogP contribution in [0.4, 0.5) is 4.39 Å². The normalized spacial score (nSPS) is 15.1. The molecule has 0 bridgehead atoms. The first-order valence-electron chi connectivity index (χ1n) is 9.68. The third-order valence-electron chi connectivity index (χ3n) is 4.89. The van der Waals surface area contributed by atoms with Gasteiger partial charge in [0.2, 0.25) is 5.91 Å². The van der Waals surface area contributed by atoms with E-state index in [-0.39, 0.29) is 35.6 Å². The molecule has 1 aromatic rings. The first-order chi connectivity index (χ1) is 13.5. The molecule has 0 heterocycles. The van der Waals surface area contributed by atoms with Crippen LogP contribution in [0.25, 0.3) is 0 Å². The number of nitrogens with one attached hydrogen (secondary N) is 1. The Morgan fingerprint density at radius 1 is 1.21 bits per heavy atom. The Hall–Kier alpha value is -1.93. The van der Waals surface area contributed by atoms with Crippen LogP contribution in [-0.4, -0.2) is 39.8 Å². The van der Waals surface area contributed by atoms with Crippen LogP contribution >= 0.6 is 0 Å². The van der Waals surface area contributed by atoms with E-state index >= 15 is 0 Å². The van der Waals surface area contributed by atoms with Crippen LogP contribution in [0.5, 0.6) is 5.75 Å². The summed E-state index contributed by atoms with van der Waals surface area (Å²) in [5, 5.41) is 2.91. The first-order valence-corrected chi connectivity index (χ1v) is 11.3. The Morgan fingerprint density at radius 3 is 2.50 bits per heavy atom. The number of carbonyl (C=O) groups excluding carboxylic acids is 1. The summed E-state index contributed by atoms with van der Waals surface area (Å²) < 4.78 is 42.6. The van der Waals surface area contributed by atoms with E-state index in [0.29, 0.717) is 30.6 Å². The molecule has 1 amide bonds. The van der Waals surface area contributed by atoms with Gasteiger partial charge < -0.3 is 15.8 Å². The van der Waals surface area contributed by atoms with E-state index in [1.807, 2.05) is 0 Å². The highest BCUT2D eigenvalue weighted by Crippen LogP contribution is 2.26. The summed E-state index contributed by atoms with van der Waals surface area (Å²) in [6, 6.07) is 6.08. The van der Waals surface area contributed by atoms with Crippen LogP contribution in [0.2, 0.25) is 0 Å². The van der Waals surface area contributed by atoms with Gasteiger partial charge in [-0.1, -0.05) is 12.8 Å². The molecule has 0 aromatic heterocycles. The first kappa shape index (κ1) is 22.4. The van der Waals surface area contributed by atoms with Crippen molar-refractivity contribution in [2.45, 2.75) is 43.4 Å². The molecule has 0 radical (unpaired) electrons. The molecule has 1 aromatic carbocycles. The molecule has 6 nitrogen and oxygen atoms in total. The summed E-state index contributed by atoms with van der Waals surface area (Å²) >= 11 is 0. The quantitative estimate of drug-likeness (QED) is 0.515. The van der Waals surface area contributed by atoms with E-state index in [1.54, 1.807) is 12.1 Å². The van der Waals surface area contributed by atoms with Crippen LogP contribution < -0.4 is 15.8 Å². The van der Waals surface area contributed by atoms with Crippen LogP contribution in [0.3, 0.4) is 0 Å². The highest BCUT2D eigenvalue weighted by Gasteiger charge is 2.24. The van der Waals surface area contributed by atoms with Gasteiger partial charge in [-0.3, -0.25) is 4.79 Å². The Kier molecular flexibility index (Phi) is 8.92. The molecular weight excluding hydrogens is 383 g/mol. The molecule has 1 fully saturated rings. The maximum atomic E-state index is 12.4. The van der Waals surface area contributed by atoms with Gasteiger partial charge in [0.25, 0.3) is 0 Å². The molecule has 0 atom stereocenters. The predicted molar refractivity (Wildman–Crippen MR) is 106 cm³/mol. The minimum Gasteiger partial charge on any atom is -0.489 e. The molecule has 0 spiro atoms. The molecular formula is C20H29FN2O4S. The summed E-state index contributed by atoms with van der Waals surface area (Å²) in [5.41, 5.74) is 5.67. The largest absolute Gasteiger partial charge is 0.489 e. The van der Waals surface area contributed by atoms with Crippen LogP contribution in [0.15, 0.2) is 41.1 Å². The van der Waals surface area contributed by atoms with Crippen molar-refractivity contribution in [3.8, 4) is 5.75 Å². The second-order valence-electron chi connectivity index (χ2n) is 7.03. The molecule has 28 heavy (non-hydrogen) atoms. The highest BCUT2D eigenvalue weighted by molar-refractivity contribution is 7.91. The number of ether oxygens (including phenoxy) is 1. The van der Waals surface area contributed by atoms with Crippen molar-refractivity contribution in [1.82, 2.24) is 5.32 Å². The van der Waals surface area contributed by atoms with Crippen molar-refractivity contribution >= 4 is 15.7 Å². The number of hydrogen-bond donors (Lipinski definition) is 2.